The van der Waals surface area contributed by atoms with Crippen molar-refractivity contribution < 1.29 is 18.3 Å². The molecule has 0 saturated carbocycles. The molecule has 0 bridgehead atoms. The number of rotatable bonds is 6. The van der Waals surface area contributed by atoms with Crippen LogP contribution >= 0.6 is 0 Å². The van der Waals surface area contributed by atoms with Gasteiger partial charge in [0.05, 0.1) is 30.3 Å². The zero-order valence-corrected chi connectivity index (χ0v) is 21.9. The van der Waals surface area contributed by atoms with Gasteiger partial charge < -0.3 is 25.2 Å². The van der Waals surface area contributed by atoms with Crippen molar-refractivity contribution in [2.24, 2.45) is 0 Å². The summed E-state index contributed by atoms with van der Waals surface area (Å²) in [5.41, 5.74) is 1.01. The quantitative estimate of drug-likeness (QED) is 0.493. The topological polar surface area (TPSA) is 100 Å². The molecule has 0 radical (unpaired) electrons. The summed E-state index contributed by atoms with van der Waals surface area (Å²) in [6.07, 6.45) is 1.84. The molecule has 6 rings (SSSR count). The van der Waals surface area contributed by atoms with E-state index in [9.17, 15) is 13.6 Å². The van der Waals surface area contributed by atoms with Gasteiger partial charge in [-0.1, -0.05) is 18.6 Å². The first-order valence-electron chi connectivity index (χ1n) is 13.8. The van der Waals surface area contributed by atoms with Gasteiger partial charge in [0.2, 0.25) is 11.9 Å². The maximum absolute atomic E-state index is 14.1. The monoisotopic (exact) mass is 540 g/mol. The average Bonchev–Trinajstić information content (AvgIpc) is 3.38. The minimum absolute atomic E-state index is 0.0820. The molecule has 1 amide bonds. The van der Waals surface area contributed by atoms with Crippen LogP contribution < -0.4 is 20.4 Å². The lowest BCUT2D eigenvalue weighted by Gasteiger charge is -2.35. The minimum atomic E-state index is -2.78. The molecule has 3 saturated heterocycles. The molecule has 39 heavy (non-hydrogen) atoms. The highest BCUT2D eigenvalue weighted by Crippen LogP contribution is 2.30. The van der Waals surface area contributed by atoms with E-state index in [-0.39, 0.29) is 29.8 Å². The number of amides is 1. The van der Waals surface area contributed by atoms with E-state index < -0.39 is 6.43 Å². The predicted octanol–water partition coefficient (Wildman–Crippen LogP) is 2.82. The number of anilines is 2. The zero-order valence-electron chi connectivity index (χ0n) is 21.9. The Morgan fingerprint density at radius 1 is 0.974 bits per heavy atom. The average molecular weight is 541 g/mol. The summed E-state index contributed by atoms with van der Waals surface area (Å²) in [4.78, 5) is 30.7. The third-order valence-corrected chi connectivity index (χ3v) is 7.80. The number of nitrogens with one attached hydrogen (secondary N) is 2. The number of para-hydroxylation sites is 2. The van der Waals surface area contributed by atoms with Crippen LogP contribution in [0.25, 0.3) is 17.0 Å². The highest BCUT2D eigenvalue weighted by Gasteiger charge is 2.28. The Hall–Kier alpha value is -3.38. The van der Waals surface area contributed by atoms with E-state index in [4.69, 9.17) is 14.7 Å². The third-order valence-electron chi connectivity index (χ3n) is 7.80. The number of ether oxygens (including phenoxy) is 1. The number of fused-ring (bicyclic) bond motifs is 1. The standard InChI is InChI=1S/C27H34F2N8O2/c28-24(29)25-32-19-5-1-2-7-21(19)37(25)27-33-22(17-23(34-27)36-13-15-39-16-14-36)35-11-8-18(9-12-35)31-26(38)20-6-3-4-10-30-20/h1-2,5,7,17-18,20,24,30H,3-4,6,8-16H2,(H,31,38)/t20-/m0/s1. The summed E-state index contributed by atoms with van der Waals surface area (Å²) in [6, 6.07) is 8.97. The molecule has 1 aromatic carbocycles. The summed E-state index contributed by atoms with van der Waals surface area (Å²) < 4.78 is 35.1. The molecule has 0 unspecified atom stereocenters. The molecular weight excluding hydrogens is 506 g/mol. The van der Waals surface area contributed by atoms with Gasteiger partial charge in [0.15, 0.2) is 5.82 Å². The SMILES string of the molecule is O=C(NC1CCN(c2cc(N3CCOCC3)nc(-n3c(C(F)F)nc4ccccc43)n2)CC1)[C@@H]1CCCCN1. The fraction of sp³-hybridized carbons (Fsp3) is 0.556. The predicted molar refractivity (Wildman–Crippen MR) is 144 cm³/mol. The molecule has 3 fully saturated rings. The van der Waals surface area contributed by atoms with Gasteiger partial charge in [-0.05, 0) is 44.4 Å². The Morgan fingerprint density at radius 3 is 2.38 bits per heavy atom. The summed E-state index contributed by atoms with van der Waals surface area (Å²) in [5.74, 6) is 1.24. The molecule has 3 aliphatic heterocycles. The van der Waals surface area contributed by atoms with Gasteiger partial charge in [-0.15, -0.1) is 0 Å². The lowest BCUT2D eigenvalue weighted by atomic mass is 10.0. The van der Waals surface area contributed by atoms with Crippen molar-refractivity contribution in [2.75, 3.05) is 55.7 Å². The first-order chi connectivity index (χ1) is 19.1. The third kappa shape index (κ3) is 5.53. The molecule has 12 heteroatoms. The largest absolute Gasteiger partial charge is 0.378 e. The molecule has 10 nitrogen and oxygen atoms in total. The van der Waals surface area contributed by atoms with Crippen LogP contribution in [0.5, 0.6) is 0 Å². The summed E-state index contributed by atoms with van der Waals surface area (Å²) in [7, 11) is 0. The summed E-state index contributed by atoms with van der Waals surface area (Å²) in [5, 5.41) is 6.53. The lowest BCUT2D eigenvalue weighted by molar-refractivity contribution is -0.124. The molecule has 0 spiro atoms. The van der Waals surface area contributed by atoms with Gasteiger partial charge in [-0.2, -0.15) is 9.97 Å². The number of nitrogens with zero attached hydrogens (tertiary/aromatic N) is 6. The second-order valence-electron chi connectivity index (χ2n) is 10.4. The molecule has 5 heterocycles. The van der Waals surface area contributed by atoms with Crippen LogP contribution in [0.15, 0.2) is 30.3 Å². The van der Waals surface area contributed by atoms with Crippen molar-refractivity contribution in [3.05, 3.63) is 36.2 Å². The fourth-order valence-electron chi connectivity index (χ4n) is 5.66. The Morgan fingerprint density at radius 2 is 1.69 bits per heavy atom. The van der Waals surface area contributed by atoms with Crippen molar-refractivity contribution in [1.29, 1.82) is 0 Å². The van der Waals surface area contributed by atoms with Crippen molar-refractivity contribution in [2.45, 2.75) is 50.6 Å². The highest BCUT2D eigenvalue weighted by atomic mass is 19.3. The number of hydrogen-bond acceptors (Lipinski definition) is 8. The molecule has 2 N–H and O–H groups in total. The Kier molecular flexibility index (Phi) is 7.55. The van der Waals surface area contributed by atoms with Crippen molar-refractivity contribution in [3.8, 4) is 5.95 Å². The van der Waals surface area contributed by atoms with Gasteiger partial charge >= 0.3 is 0 Å². The van der Waals surface area contributed by atoms with E-state index in [0.717, 1.165) is 38.6 Å². The molecule has 3 aliphatic rings. The maximum atomic E-state index is 14.1. The molecule has 0 aliphatic carbocycles. The van der Waals surface area contributed by atoms with Crippen LogP contribution in [0.4, 0.5) is 20.4 Å². The molecule has 3 aromatic rings. The fourth-order valence-corrected chi connectivity index (χ4v) is 5.66. The number of imidazole rings is 1. The lowest BCUT2D eigenvalue weighted by Crippen LogP contribution is -2.52. The minimum Gasteiger partial charge on any atom is -0.378 e. The summed E-state index contributed by atoms with van der Waals surface area (Å²) >= 11 is 0. The number of carbonyl (C=O) groups is 1. The number of alkyl halides is 2. The van der Waals surface area contributed by atoms with Crippen molar-refractivity contribution in [1.82, 2.24) is 30.2 Å². The van der Waals surface area contributed by atoms with Crippen LogP contribution in [0, 0.1) is 0 Å². The smallest absolute Gasteiger partial charge is 0.296 e. The number of morpholine rings is 1. The second-order valence-corrected chi connectivity index (χ2v) is 10.4. The molecular formula is C27H34F2N8O2. The van der Waals surface area contributed by atoms with E-state index in [1.165, 1.54) is 4.57 Å². The van der Waals surface area contributed by atoms with Crippen molar-refractivity contribution in [3.63, 3.8) is 0 Å². The maximum Gasteiger partial charge on any atom is 0.296 e. The Bertz CT molecular complexity index is 1300. The number of carbonyl (C=O) groups excluding carboxylic acids is 1. The zero-order chi connectivity index (χ0) is 26.8. The number of halogens is 2. The van der Waals surface area contributed by atoms with Gasteiger partial charge in [0, 0.05) is 38.3 Å². The van der Waals surface area contributed by atoms with Gasteiger partial charge in [-0.25, -0.2) is 13.8 Å². The van der Waals surface area contributed by atoms with E-state index in [1.807, 2.05) is 6.07 Å². The number of aromatic nitrogens is 4. The van der Waals surface area contributed by atoms with E-state index in [1.54, 1.807) is 24.3 Å². The van der Waals surface area contributed by atoms with Crippen molar-refractivity contribution >= 4 is 28.6 Å². The van der Waals surface area contributed by atoms with E-state index in [2.05, 4.69) is 25.4 Å². The normalized spacial score (nSPS) is 21.1. The molecule has 208 valence electrons. The first-order valence-corrected chi connectivity index (χ1v) is 13.8. The number of hydrogen-bond donors (Lipinski definition) is 2. The Labute approximate surface area is 225 Å². The van der Waals surface area contributed by atoms with Crippen LogP contribution in [0.1, 0.15) is 44.4 Å². The van der Waals surface area contributed by atoms with Crippen LogP contribution in [0.2, 0.25) is 0 Å². The van der Waals surface area contributed by atoms with Crippen LogP contribution in [0.3, 0.4) is 0 Å². The van der Waals surface area contributed by atoms with E-state index >= 15 is 0 Å². The van der Waals surface area contributed by atoms with Gasteiger partial charge in [0.25, 0.3) is 6.43 Å². The first kappa shape index (κ1) is 25.9. The summed E-state index contributed by atoms with van der Waals surface area (Å²) in [6.45, 7) is 4.73. The van der Waals surface area contributed by atoms with Gasteiger partial charge in [0.1, 0.15) is 11.6 Å². The highest BCUT2D eigenvalue weighted by molar-refractivity contribution is 5.82. The molecule has 2 aromatic heterocycles. The Balaban J connectivity index is 1.28. The molecule has 1 atom stereocenters. The van der Waals surface area contributed by atoms with Gasteiger partial charge in [-0.3, -0.25) is 9.36 Å². The van der Waals surface area contributed by atoms with E-state index in [0.29, 0.717) is 62.1 Å². The second kappa shape index (κ2) is 11.4. The number of piperidine rings is 2. The van der Waals surface area contributed by atoms with Crippen LogP contribution in [-0.2, 0) is 9.53 Å². The van der Waals surface area contributed by atoms with Crippen LogP contribution in [-0.4, -0.2) is 83.4 Å². The number of benzene rings is 1.